The topological polar surface area (TPSA) is 62.1 Å². The highest BCUT2D eigenvalue weighted by atomic mass is 16.5. The fraction of sp³-hybridized carbons (Fsp3) is 0.529. The van der Waals surface area contributed by atoms with Crippen LogP contribution in [0.2, 0.25) is 0 Å². The van der Waals surface area contributed by atoms with Gasteiger partial charge in [0, 0.05) is 6.42 Å². The van der Waals surface area contributed by atoms with Gasteiger partial charge in [0.25, 0.3) is 0 Å². The molecular weight excluding hydrogens is 264 g/mol. The first kappa shape index (κ1) is 15.4. The van der Waals surface area contributed by atoms with E-state index >= 15 is 0 Å². The van der Waals surface area contributed by atoms with Crippen molar-refractivity contribution in [2.75, 3.05) is 7.11 Å². The van der Waals surface area contributed by atoms with Crippen molar-refractivity contribution < 1.29 is 9.53 Å². The quantitative estimate of drug-likeness (QED) is 0.874. The Hall–Kier alpha value is -2.02. The lowest BCUT2D eigenvalue weighted by molar-refractivity contribution is -0.124. The number of nitrogens with zero attached hydrogens (tertiary/aromatic N) is 1. The molecule has 1 saturated carbocycles. The van der Waals surface area contributed by atoms with Gasteiger partial charge in [-0.05, 0) is 43.2 Å². The first-order valence-electron chi connectivity index (χ1n) is 7.43. The molecule has 112 valence electrons. The molecule has 1 aliphatic carbocycles. The van der Waals surface area contributed by atoms with Crippen LogP contribution in [0, 0.1) is 17.2 Å². The molecule has 0 aromatic heterocycles. The summed E-state index contributed by atoms with van der Waals surface area (Å²) in [6.07, 6.45) is 3.79. The van der Waals surface area contributed by atoms with Crippen LogP contribution in [0.15, 0.2) is 24.3 Å². The van der Waals surface area contributed by atoms with Gasteiger partial charge in [-0.15, -0.1) is 0 Å². The summed E-state index contributed by atoms with van der Waals surface area (Å²) < 4.78 is 5.33. The highest BCUT2D eigenvalue weighted by molar-refractivity contribution is 5.77. The fourth-order valence-electron chi connectivity index (χ4n) is 2.75. The molecule has 0 spiro atoms. The zero-order valence-corrected chi connectivity index (χ0v) is 12.7. The van der Waals surface area contributed by atoms with E-state index in [9.17, 15) is 4.79 Å². The van der Waals surface area contributed by atoms with Gasteiger partial charge in [-0.3, -0.25) is 4.79 Å². The van der Waals surface area contributed by atoms with Crippen LogP contribution in [-0.2, 0) is 11.2 Å². The summed E-state index contributed by atoms with van der Waals surface area (Å²) in [4.78, 5) is 12.1. The zero-order valence-electron chi connectivity index (χ0n) is 12.7. The summed E-state index contributed by atoms with van der Waals surface area (Å²) in [6, 6.07) is 10.1. The second-order valence-electron chi connectivity index (χ2n) is 5.92. The standard InChI is InChI=1S/C17H22N2O2/c1-13(10-14-6-3-4-7-15(14)21-2)11-16(20)19-17(12-18)8-5-9-17/h3-4,6-7,13H,5,8-11H2,1-2H3,(H,19,20)/t13-/m0/s1. The van der Waals surface area contributed by atoms with E-state index in [1.54, 1.807) is 7.11 Å². The molecule has 0 aliphatic heterocycles. The molecule has 0 heterocycles. The van der Waals surface area contributed by atoms with E-state index in [2.05, 4.69) is 11.4 Å². The molecule has 1 fully saturated rings. The second-order valence-corrected chi connectivity index (χ2v) is 5.92. The van der Waals surface area contributed by atoms with Gasteiger partial charge in [0.1, 0.15) is 11.3 Å². The van der Waals surface area contributed by atoms with Crippen molar-refractivity contribution in [2.45, 2.75) is 44.6 Å². The molecule has 0 bridgehead atoms. The molecule has 21 heavy (non-hydrogen) atoms. The highest BCUT2D eigenvalue weighted by Gasteiger charge is 2.38. The van der Waals surface area contributed by atoms with Crippen LogP contribution < -0.4 is 10.1 Å². The lowest BCUT2D eigenvalue weighted by atomic mass is 9.78. The molecule has 1 atom stereocenters. The number of para-hydroxylation sites is 1. The first-order chi connectivity index (χ1) is 10.1. The van der Waals surface area contributed by atoms with Gasteiger partial charge in [-0.2, -0.15) is 5.26 Å². The van der Waals surface area contributed by atoms with E-state index in [1.165, 1.54) is 0 Å². The van der Waals surface area contributed by atoms with Gasteiger partial charge < -0.3 is 10.1 Å². The number of rotatable bonds is 6. The number of ether oxygens (including phenoxy) is 1. The van der Waals surface area contributed by atoms with Crippen LogP contribution in [-0.4, -0.2) is 18.6 Å². The van der Waals surface area contributed by atoms with Gasteiger partial charge >= 0.3 is 0 Å². The van der Waals surface area contributed by atoms with Crippen molar-refractivity contribution in [2.24, 2.45) is 5.92 Å². The number of nitrogens with one attached hydrogen (secondary N) is 1. The largest absolute Gasteiger partial charge is 0.496 e. The van der Waals surface area contributed by atoms with Gasteiger partial charge in [-0.1, -0.05) is 25.1 Å². The third-order valence-corrected chi connectivity index (χ3v) is 4.09. The van der Waals surface area contributed by atoms with Crippen molar-refractivity contribution >= 4 is 5.91 Å². The van der Waals surface area contributed by atoms with E-state index in [1.807, 2.05) is 31.2 Å². The van der Waals surface area contributed by atoms with E-state index < -0.39 is 5.54 Å². The molecule has 2 rings (SSSR count). The average molecular weight is 286 g/mol. The predicted molar refractivity (Wildman–Crippen MR) is 80.8 cm³/mol. The third-order valence-electron chi connectivity index (χ3n) is 4.09. The van der Waals surface area contributed by atoms with Crippen LogP contribution in [0.4, 0.5) is 0 Å². The van der Waals surface area contributed by atoms with Gasteiger partial charge in [-0.25, -0.2) is 0 Å². The maximum Gasteiger partial charge on any atom is 0.221 e. The average Bonchev–Trinajstić information content (AvgIpc) is 2.43. The number of amides is 1. The van der Waals surface area contributed by atoms with E-state index in [-0.39, 0.29) is 11.8 Å². The second kappa shape index (κ2) is 6.62. The molecule has 0 unspecified atom stereocenters. The Morgan fingerprint density at radius 2 is 2.19 bits per heavy atom. The summed E-state index contributed by atoms with van der Waals surface area (Å²) in [5.41, 5.74) is 0.514. The molecule has 1 amide bonds. The minimum Gasteiger partial charge on any atom is -0.496 e. The Kier molecular flexibility index (Phi) is 4.85. The van der Waals surface area contributed by atoms with E-state index in [0.717, 1.165) is 37.0 Å². The summed E-state index contributed by atoms with van der Waals surface area (Å²) in [5.74, 6) is 1.04. The zero-order chi connectivity index (χ0) is 15.3. The first-order valence-corrected chi connectivity index (χ1v) is 7.43. The summed E-state index contributed by atoms with van der Waals surface area (Å²) in [5, 5.41) is 12.0. The van der Waals surface area contributed by atoms with Crippen molar-refractivity contribution in [3.63, 3.8) is 0 Å². The number of carbonyl (C=O) groups is 1. The number of methoxy groups -OCH3 is 1. The number of nitriles is 1. The highest BCUT2D eigenvalue weighted by Crippen LogP contribution is 2.31. The lowest BCUT2D eigenvalue weighted by Gasteiger charge is -2.36. The van der Waals surface area contributed by atoms with Gasteiger partial charge in [0.2, 0.25) is 5.91 Å². The molecule has 4 nitrogen and oxygen atoms in total. The van der Waals surface area contributed by atoms with Crippen LogP contribution in [0.5, 0.6) is 5.75 Å². The van der Waals surface area contributed by atoms with Gasteiger partial charge in [0.15, 0.2) is 0 Å². The van der Waals surface area contributed by atoms with Crippen LogP contribution in [0.25, 0.3) is 0 Å². The lowest BCUT2D eigenvalue weighted by Crippen LogP contribution is -2.52. The number of hydrogen-bond acceptors (Lipinski definition) is 3. The Balaban J connectivity index is 1.88. The predicted octanol–water partition coefficient (Wildman–Crippen LogP) is 2.83. The third kappa shape index (κ3) is 3.75. The number of benzene rings is 1. The molecule has 1 aliphatic rings. The smallest absolute Gasteiger partial charge is 0.221 e. The maximum absolute atomic E-state index is 12.1. The van der Waals surface area contributed by atoms with Crippen molar-refractivity contribution in [1.82, 2.24) is 5.32 Å². The van der Waals surface area contributed by atoms with Crippen LogP contribution in [0.1, 0.15) is 38.2 Å². The monoisotopic (exact) mass is 286 g/mol. The van der Waals surface area contributed by atoms with Crippen molar-refractivity contribution in [1.29, 1.82) is 5.26 Å². The Morgan fingerprint density at radius 1 is 1.48 bits per heavy atom. The normalized spacial score (nSPS) is 17.2. The number of hydrogen-bond donors (Lipinski definition) is 1. The van der Waals surface area contributed by atoms with E-state index in [0.29, 0.717) is 6.42 Å². The summed E-state index contributed by atoms with van der Waals surface area (Å²) in [7, 11) is 1.66. The Morgan fingerprint density at radius 3 is 2.76 bits per heavy atom. The molecule has 0 saturated heterocycles. The molecule has 0 radical (unpaired) electrons. The SMILES string of the molecule is COc1ccccc1C[C@H](C)CC(=O)NC1(C#N)CCC1. The molecule has 4 heteroatoms. The Bertz CT molecular complexity index is 544. The molecule has 1 aromatic carbocycles. The minimum atomic E-state index is -0.596. The molecule has 1 aromatic rings. The summed E-state index contributed by atoms with van der Waals surface area (Å²) >= 11 is 0. The van der Waals surface area contributed by atoms with Crippen molar-refractivity contribution in [3.05, 3.63) is 29.8 Å². The maximum atomic E-state index is 12.1. The van der Waals surface area contributed by atoms with Gasteiger partial charge in [0.05, 0.1) is 13.2 Å². The minimum absolute atomic E-state index is 0.0290. The number of carbonyl (C=O) groups excluding carboxylic acids is 1. The molecule has 1 N–H and O–H groups in total. The summed E-state index contributed by atoms with van der Waals surface area (Å²) in [6.45, 7) is 2.05. The van der Waals surface area contributed by atoms with Crippen LogP contribution in [0.3, 0.4) is 0 Å². The van der Waals surface area contributed by atoms with Crippen molar-refractivity contribution in [3.8, 4) is 11.8 Å². The fourth-order valence-corrected chi connectivity index (χ4v) is 2.75. The van der Waals surface area contributed by atoms with E-state index in [4.69, 9.17) is 10.00 Å². The molecular formula is C17H22N2O2. The van der Waals surface area contributed by atoms with Crippen LogP contribution >= 0.6 is 0 Å². The Labute approximate surface area is 126 Å².